The van der Waals surface area contributed by atoms with Crippen molar-refractivity contribution in [2.45, 2.75) is 20.0 Å². The molecule has 0 amide bonds. The molecule has 22 heavy (non-hydrogen) atoms. The maximum Gasteiger partial charge on any atom is 0.346 e. The van der Waals surface area contributed by atoms with Gasteiger partial charge in [-0.05, 0) is 26.0 Å². The summed E-state index contributed by atoms with van der Waals surface area (Å²) in [7, 11) is 1.59. The number of nitrogens with one attached hydrogen (secondary N) is 2. The molecule has 0 bridgehead atoms. The largest absolute Gasteiger partial charge is 0.497 e. The van der Waals surface area contributed by atoms with Gasteiger partial charge in [0.2, 0.25) is 5.52 Å². The van der Waals surface area contributed by atoms with Crippen LogP contribution in [0.25, 0.3) is 10.9 Å². The van der Waals surface area contributed by atoms with Gasteiger partial charge in [-0.15, -0.1) is 0 Å². The highest BCUT2D eigenvalue weighted by Crippen LogP contribution is 2.28. The average Bonchev–Trinajstić information content (AvgIpc) is 2.51. The zero-order chi connectivity index (χ0) is 16.1. The normalized spacial score (nSPS) is 12.0. The van der Waals surface area contributed by atoms with Crippen LogP contribution in [0.15, 0.2) is 24.4 Å². The number of H-pyrrole nitrogens is 1. The quantitative estimate of drug-likeness (QED) is 0.793. The summed E-state index contributed by atoms with van der Waals surface area (Å²) in [6, 6.07) is 5.54. The maximum absolute atomic E-state index is 12.1. The van der Waals surface area contributed by atoms with Crippen molar-refractivity contribution in [3.05, 3.63) is 30.0 Å². The number of aromatic amines is 1. The van der Waals surface area contributed by atoms with E-state index in [1.165, 1.54) is 0 Å². The van der Waals surface area contributed by atoms with E-state index >= 15 is 0 Å². The number of rotatable bonds is 6. The fraction of sp³-hybridized carbons (Fsp3) is 0.375. The third kappa shape index (κ3) is 3.46. The van der Waals surface area contributed by atoms with Crippen LogP contribution in [0.3, 0.4) is 0 Å². The van der Waals surface area contributed by atoms with E-state index in [0.29, 0.717) is 30.2 Å². The standard InChI is InChI=1S/C16H20N2O4/c1-4-22-16(20)13-9-17-14-6-5-11(21-3)7-12(14)15(13)18-8-10(2)19/h5-7,9-10,19H,4,8H2,1-3H3,(H,17,18)/p+1/t10-/m0/s1. The van der Waals surface area contributed by atoms with Gasteiger partial charge in [-0.2, -0.15) is 0 Å². The van der Waals surface area contributed by atoms with Crippen molar-refractivity contribution in [1.29, 1.82) is 0 Å². The molecule has 0 radical (unpaired) electrons. The number of anilines is 1. The highest BCUT2D eigenvalue weighted by atomic mass is 16.5. The second kappa shape index (κ2) is 7.09. The first-order valence-electron chi connectivity index (χ1n) is 7.18. The van der Waals surface area contributed by atoms with Crippen molar-refractivity contribution in [2.75, 3.05) is 25.6 Å². The second-order valence-corrected chi connectivity index (χ2v) is 4.94. The van der Waals surface area contributed by atoms with Crippen LogP contribution in [0, 0.1) is 0 Å². The number of hydrogen-bond donors (Lipinski definition) is 2. The molecule has 0 spiro atoms. The minimum atomic E-state index is -0.542. The van der Waals surface area contributed by atoms with E-state index < -0.39 is 12.1 Å². The molecule has 0 saturated heterocycles. The number of aliphatic hydroxyl groups is 1. The van der Waals surface area contributed by atoms with Crippen molar-refractivity contribution < 1.29 is 24.4 Å². The summed E-state index contributed by atoms with van der Waals surface area (Å²) in [5.74, 6) is 0.263. The molecule has 118 valence electrons. The zero-order valence-electron chi connectivity index (χ0n) is 13.0. The second-order valence-electron chi connectivity index (χ2n) is 4.94. The SMILES string of the molecule is CCOC(=O)c1c[nH+]c2ccc(OC)cc2c1NC[C@H](C)O. The molecule has 1 aromatic heterocycles. The van der Waals surface area contributed by atoms with E-state index in [9.17, 15) is 9.90 Å². The number of methoxy groups -OCH3 is 1. The summed E-state index contributed by atoms with van der Waals surface area (Å²) in [4.78, 5) is 15.2. The van der Waals surface area contributed by atoms with Crippen LogP contribution >= 0.6 is 0 Å². The summed E-state index contributed by atoms with van der Waals surface area (Å²) < 4.78 is 10.3. The van der Waals surface area contributed by atoms with Gasteiger partial charge >= 0.3 is 5.97 Å². The van der Waals surface area contributed by atoms with Crippen molar-refractivity contribution in [3.63, 3.8) is 0 Å². The molecule has 2 rings (SSSR count). The number of carbonyl (C=O) groups is 1. The fourth-order valence-electron chi connectivity index (χ4n) is 2.16. The Bertz CT molecular complexity index is 670. The van der Waals surface area contributed by atoms with Gasteiger partial charge in [0.1, 0.15) is 11.3 Å². The molecule has 0 aliphatic carbocycles. The van der Waals surface area contributed by atoms with Gasteiger partial charge in [-0.1, -0.05) is 0 Å². The molecule has 1 aromatic carbocycles. The Kier molecular flexibility index (Phi) is 5.16. The third-order valence-electron chi connectivity index (χ3n) is 3.21. The van der Waals surface area contributed by atoms with Gasteiger partial charge < -0.3 is 19.9 Å². The molecule has 1 atom stereocenters. The van der Waals surface area contributed by atoms with Crippen LogP contribution in [0.5, 0.6) is 5.75 Å². The monoisotopic (exact) mass is 305 g/mol. The Morgan fingerprint density at radius 2 is 2.23 bits per heavy atom. The van der Waals surface area contributed by atoms with Gasteiger partial charge in [0.05, 0.1) is 30.9 Å². The lowest BCUT2D eigenvalue weighted by Gasteiger charge is -2.13. The number of aromatic nitrogens is 1. The first-order valence-corrected chi connectivity index (χ1v) is 7.18. The molecule has 1 heterocycles. The van der Waals surface area contributed by atoms with Crippen LogP contribution in [0.1, 0.15) is 24.2 Å². The fourth-order valence-corrected chi connectivity index (χ4v) is 2.16. The van der Waals surface area contributed by atoms with Gasteiger partial charge in [0.15, 0.2) is 6.20 Å². The number of hydrogen-bond acceptors (Lipinski definition) is 5. The van der Waals surface area contributed by atoms with E-state index in [1.807, 2.05) is 18.2 Å². The van der Waals surface area contributed by atoms with E-state index in [2.05, 4.69) is 10.3 Å². The van der Waals surface area contributed by atoms with Crippen molar-refractivity contribution in [1.82, 2.24) is 0 Å². The molecule has 0 aliphatic heterocycles. The molecule has 0 fully saturated rings. The summed E-state index contributed by atoms with van der Waals surface area (Å²) in [5.41, 5.74) is 1.86. The first-order chi connectivity index (χ1) is 10.6. The third-order valence-corrected chi connectivity index (χ3v) is 3.21. The van der Waals surface area contributed by atoms with E-state index in [-0.39, 0.29) is 0 Å². The molecular weight excluding hydrogens is 284 g/mol. The zero-order valence-corrected chi connectivity index (χ0v) is 13.0. The van der Waals surface area contributed by atoms with Crippen molar-refractivity contribution >= 4 is 22.6 Å². The van der Waals surface area contributed by atoms with Crippen LogP contribution in [-0.4, -0.2) is 37.4 Å². The molecule has 2 aromatic rings. The van der Waals surface area contributed by atoms with Crippen LogP contribution < -0.4 is 15.0 Å². The summed E-state index contributed by atoms with van der Waals surface area (Å²) in [5, 5.41) is 13.4. The number of aliphatic hydroxyl groups excluding tert-OH is 1. The predicted molar refractivity (Wildman–Crippen MR) is 83.2 cm³/mol. The Labute approximate surface area is 129 Å². The number of esters is 1. The minimum absolute atomic E-state index is 0.296. The molecule has 6 heteroatoms. The smallest absolute Gasteiger partial charge is 0.346 e. The Balaban J connectivity index is 2.57. The Morgan fingerprint density at radius 3 is 2.86 bits per heavy atom. The van der Waals surface area contributed by atoms with E-state index in [1.54, 1.807) is 27.2 Å². The number of benzene rings is 1. The topological polar surface area (TPSA) is 81.9 Å². The molecule has 3 N–H and O–H groups in total. The van der Waals surface area contributed by atoms with Crippen LogP contribution in [-0.2, 0) is 4.74 Å². The summed E-state index contributed by atoms with van der Waals surface area (Å²) in [6.07, 6.45) is 1.07. The van der Waals surface area contributed by atoms with E-state index in [4.69, 9.17) is 9.47 Å². The van der Waals surface area contributed by atoms with Gasteiger partial charge in [0.25, 0.3) is 0 Å². The van der Waals surface area contributed by atoms with Gasteiger partial charge in [0, 0.05) is 12.6 Å². The molecule has 6 nitrogen and oxygen atoms in total. The minimum Gasteiger partial charge on any atom is -0.497 e. The summed E-state index contributed by atoms with van der Waals surface area (Å²) in [6.45, 7) is 4.05. The Hall–Kier alpha value is -2.34. The number of ether oxygens (including phenoxy) is 2. The van der Waals surface area contributed by atoms with Gasteiger partial charge in [-0.3, -0.25) is 0 Å². The maximum atomic E-state index is 12.1. The first kappa shape index (κ1) is 16.0. The van der Waals surface area contributed by atoms with E-state index in [0.717, 1.165) is 10.9 Å². The predicted octanol–water partition coefficient (Wildman–Crippen LogP) is 1.63. The van der Waals surface area contributed by atoms with Gasteiger partial charge in [-0.25, -0.2) is 9.78 Å². The number of fused-ring (bicyclic) bond motifs is 1. The lowest BCUT2D eigenvalue weighted by molar-refractivity contribution is -0.344. The molecule has 0 unspecified atom stereocenters. The van der Waals surface area contributed by atoms with Crippen LogP contribution in [0.4, 0.5) is 5.69 Å². The molecule has 0 saturated carbocycles. The molecular formula is C16H21N2O4+. The van der Waals surface area contributed by atoms with Crippen molar-refractivity contribution in [3.8, 4) is 5.75 Å². The lowest BCUT2D eigenvalue weighted by Crippen LogP contribution is -2.20. The highest BCUT2D eigenvalue weighted by Gasteiger charge is 2.20. The number of carbonyl (C=O) groups excluding carboxylic acids is 1. The van der Waals surface area contributed by atoms with Crippen LogP contribution in [0.2, 0.25) is 0 Å². The number of pyridine rings is 1. The van der Waals surface area contributed by atoms with Crippen molar-refractivity contribution in [2.24, 2.45) is 0 Å². The lowest BCUT2D eigenvalue weighted by atomic mass is 10.1. The molecule has 0 aliphatic rings. The summed E-state index contributed by atoms with van der Waals surface area (Å²) >= 11 is 0. The Morgan fingerprint density at radius 1 is 1.45 bits per heavy atom. The highest BCUT2D eigenvalue weighted by molar-refractivity contribution is 6.04. The average molecular weight is 305 g/mol.